The number of carbonyl (C=O) groups is 2. The number of hydrogen-bond acceptors (Lipinski definition) is 2. The third-order valence-electron chi connectivity index (χ3n) is 3.40. The van der Waals surface area contributed by atoms with E-state index in [2.05, 4.69) is 5.32 Å². The number of hydrogen-bond donors (Lipinski definition) is 1. The average Bonchev–Trinajstić information content (AvgIpc) is 2.53. The van der Waals surface area contributed by atoms with Crippen molar-refractivity contribution in [1.82, 2.24) is 10.2 Å². The van der Waals surface area contributed by atoms with Crippen LogP contribution in [0.5, 0.6) is 0 Å². The van der Waals surface area contributed by atoms with E-state index >= 15 is 0 Å². The first-order chi connectivity index (χ1) is 10.6. The standard InChI is InChI=1S/C18H20N2O2/c1-14-8-10-16(11-9-14)18(22)19-12-17(21)20(2)13-15-6-4-3-5-7-15/h3-11H,12-13H2,1-2H3,(H,19,22). The highest BCUT2D eigenvalue weighted by atomic mass is 16.2. The second kappa shape index (κ2) is 7.41. The molecule has 22 heavy (non-hydrogen) atoms. The highest BCUT2D eigenvalue weighted by Crippen LogP contribution is 2.04. The van der Waals surface area contributed by atoms with Crippen LogP contribution in [0.1, 0.15) is 21.5 Å². The summed E-state index contributed by atoms with van der Waals surface area (Å²) in [5.74, 6) is -0.356. The lowest BCUT2D eigenvalue weighted by Gasteiger charge is -2.17. The third kappa shape index (κ3) is 4.45. The van der Waals surface area contributed by atoms with Crippen LogP contribution in [-0.4, -0.2) is 30.3 Å². The van der Waals surface area contributed by atoms with Crippen LogP contribution in [0.4, 0.5) is 0 Å². The quantitative estimate of drug-likeness (QED) is 0.921. The molecule has 0 aliphatic rings. The van der Waals surface area contributed by atoms with Gasteiger partial charge in [0.05, 0.1) is 6.54 Å². The molecule has 0 radical (unpaired) electrons. The Morgan fingerprint density at radius 2 is 1.64 bits per heavy atom. The van der Waals surface area contributed by atoms with E-state index in [9.17, 15) is 9.59 Å². The molecule has 2 rings (SSSR count). The zero-order chi connectivity index (χ0) is 15.9. The van der Waals surface area contributed by atoms with Crippen LogP contribution < -0.4 is 5.32 Å². The summed E-state index contributed by atoms with van der Waals surface area (Å²) >= 11 is 0. The summed E-state index contributed by atoms with van der Waals surface area (Å²) in [5, 5.41) is 2.65. The number of rotatable bonds is 5. The zero-order valence-electron chi connectivity index (χ0n) is 12.9. The number of likely N-dealkylation sites (N-methyl/N-ethyl adjacent to an activating group) is 1. The van der Waals surface area contributed by atoms with Crippen LogP contribution in [0.2, 0.25) is 0 Å². The molecule has 0 aliphatic heterocycles. The van der Waals surface area contributed by atoms with Crippen molar-refractivity contribution in [2.45, 2.75) is 13.5 Å². The Balaban J connectivity index is 1.84. The van der Waals surface area contributed by atoms with E-state index in [4.69, 9.17) is 0 Å². The second-order valence-corrected chi connectivity index (χ2v) is 5.28. The van der Waals surface area contributed by atoms with Crippen LogP contribution in [-0.2, 0) is 11.3 Å². The monoisotopic (exact) mass is 296 g/mol. The lowest BCUT2D eigenvalue weighted by molar-refractivity contribution is -0.129. The molecule has 4 heteroatoms. The van der Waals surface area contributed by atoms with Crippen LogP contribution in [0, 0.1) is 6.92 Å². The van der Waals surface area contributed by atoms with Crippen molar-refractivity contribution in [3.8, 4) is 0 Å². The van der Waals surface area contributed by atoms with Gasteiger partial charge in [-0.1, -0.05) is 48.0 Å². The van der Waals surface area contributed by atoms with Crippen LogP contribution >= 0.6 is 0 Å². The molecule has 0 heterocycles. The van der Waals surface area contributed by atoms with Gasteiger partial charge in [-0.3, -0.25) is 9.59 Å². The maximum absolute atomic E-state index is 12.0. The minimum absolute atomic E-state index is 0.00393. The van der Waals surface area contributed by atoms with Crippen molar-refractivity contribution >= 4 is 11.8 Å². The number of aryl methyl sites for hydroxylation is 1. The van der Waals surface area contributed by atoms with E-state index in [1.165, 1.54) is 0 Å². The topological polar surface area (TPSA) is 49.4 Å². The molecule has 114 valence electrons. The van der Waals surface area contributed by atoms with Gasteiger partial charge < -0.3 is 10.2 Å². The predicted octanol–water partition coefficient (Wildman–Crippen LogP) is 2.38. The van der Waals surface area contributed by atoms with Gasteiger partial charge >= 0.3 is 0 Å². The molecule has 0 aliphatic carbocycles. The summed E-state index contributed by atoms with van der Waals surface area (Å²) in [6, 6.07) is 17.0. The zero-order valence-corrected chi connectivity index (χ0v) is 12.9. The summed E-state index contributed by atoms with van der Waals surface area (Å²) in [4.78, 5) is 25.6. The minimum atomic E-state index is -0.235. The Labute approximate surface area is 130 Å². The maximum atomic E-state index is 12.0. The summed E-state index contributed by atoms with van der Waals surface area (Å²) in [6.45, 7) is 2.49. The van der Waals surface area contributed by atoms with Gasteiger partial charge in [-0.15, -0.1) is 0 Å². The van der Waals surface area contributed by atoms with Gasteiger partial charge in [-0.05, 0) is 24.6 Å². The van der Waals surface area contributed by atoms with Crippen LogP contribution in [0.15, 0.2) is 54.6 Å². The highest BCUT2D eigenvalue weighted by Gasteiger charge is 2.11. The van der Waals surface area contributed by atoms with Crippen molar-refractivity contribution in [2.75, 3.05) is 13.6 Å². The first-order valence-electron chi connectivity index (χ1n) is 7.19. The summed E-state index contributed by atoms with van der Waals surface area (Å²) < 4.78 is 0. The Morgan fingerprint density at radius 1 is 1.00 bits per heavy atom. The Hall–Kier alpha value is -2.62. The third-order valence-corrected chi connectivity index (χ3v) is 3.40. The first kappa shape index (κ1) is 15.8. The molecular weight excluding hydrogens is 276 g/mol. The van der Waals surface area contributed by atoms with E-state index in [1.54, 1.807) is 24.1 Å². The largest absolute Gasteiger partial charge is 0.343 e. The molecule has 0 spiro atoms. The van der Waals surface area contributed by atoms with Gasteiger partial charge in [0, 0.05) is 19.2 Å². The first-order valence-corrected chi connectivity index (χ1v) is 7.19. The van der Waals surface area contributed by atoms with Gasteiger partial charge in [-0.25, -0.2) is 0 Å². The lowest BCUT2D eigenvalue weighted by atomic mass is 10.1. The van der Waals surface area contributed by atoms with Crippen molar-refractivity contribution < 1.29 is 9.59 Å². The average molecular weight is 296 g/mol. The number of nitrogens with one attached hydrogen (secondary N) is 1. The van der Waals surface area contributed by atoms with E-state index in [-0.39, 0.29) is 18.4 Å². The van der Waals surface area contributed by atoms with E-state index in [1.807, 2.05) is 49.4 Å². The van der Waals surface area contributed by atoms with Gasteiger partial charge in [0.15, 0.2) is 0 Å². The molecule has 2 aromatic carbocycles. The number of nitrogens with zero attached hydrogens (tertiary/aromatic N) is 1. The van der Waals surface area contributed by atoms with E-state index in [0.717, 1.165) is 11.1 Å². The van der Waals surface area contributed by atoms with Gasteiger partial charge in [0.2, 0.25) is 5.91 Å². The molecular formula is C18H20N2O2. The maximum Gasteiger partial charge on any atom is 0.251 e. The molecule has 0 saturated heterocycles. The smallest absolute Gasteiger partial charge is 0.251 e. The van der Waals surface area contributed by atoms with Gasteiger partial charge in [0.25, 0.3) is 5.91 Å². The molecule has 0 saturated carbocycles. The lowest BCUT2D eigenvalue weighted by Crippen LogP contribution is -2.37. The number of carbonyl (C=O) groups excluding carboxylic acids is 2. The number of benzene rings is 2. The molecule has 1 N–H and O–H groups in total. The van der Waals surface area contributed by atoms with Crippen molar-refractivity contribution in [3.63, 3.8) is 0 Å². The number of amides is 2. The summed E-state index contributed by atoms with van der Waals surface area (Å²) in [6.07, 6.45) is 0. The molecule has 2 aromatic rings. The normalized spacial score (nSPS) is 10.1. The summed E-state index contributed by atoms with van der Waals surface area (Å²) in [7, 11) is 1.73. The van der Waals surface area contributed by atoms with Crippen molar-refractivity contribution in [3.05, 3.63) is 71.3 Å². The Morgan fingerprint density at radius 3 is 2.27 bits per heavy atom. The molecule has 4 nitrogen and oxygen atoms in total. The van der Waals surface area contributed by atoms with Gasteiger partial charge in [-0.2, -0.15) is 0 Å². The summed E-state index contributed by atoms with van der Waals surface area (Å²) in [5.41, 5.74) is 2.71. The van der Waals surface area contributed by atoms with E-state index < -0.39 is 0 Å². The minimum Gasteiger partial charge on any atom is -0.343 e. The fourth-order valence-corrected chi connectivity index (χ4v) is 2.04. The molecule has 0 atom stereocenters. The molecule has 0 unspecified atom stereocenters. The molecule has 2 amide bonds. The highest BCUT2D eigenvalue weighted by molar-refractivity contribution is 5.96. The predicted molar refractivity (Wildman–Crippen MR) is 86.4 cm³/mol. The molecule has 0 fully saturated rings. The van der Waals surface area contributed by atoms with E-state index in [0.29, 0.717) is 12.1 Å². The van der Waals surface area contributed by atoms with Crippen LogP contribution in [0.25, 0.3) is 0 Å². The molecule has 0 aromatic heterocycles. The Kier molecular flexibility index (Phi) is 5.31. The Bertz CT molecular complexity index is 636. The van der Waals surface area contributed by atoms with Gasteiger partial charge in [0.1, 0.15) is 0 Å². The van der Waals surface area contributed by atoms with Crippen molar-refractivity contribution in [1.29, 1.82) is 0 Å². The van der Waals surface area contributed by atoms with Crippen LogP contribution in [0.3, 0.4) is 0 Å². The molecule has 0 bridgehead atoms. The fourth-order valence-electron chi connectivity index (χ4n) is 2.04. The SMILES string of the molecule is Cc1ccc(C(=O)NCC(=O)N(C)Cc2ccccc2)cc1. The van der Waals surface area contributed by atoms with Crippen molar-refractivity contribution in [2.24, 2.45) is 0 Å². The second-order valence-electron chi connectivity index (χ2n) is 5.28. The fraction of sp³-hybridized carbons (Fsp3) is 0.222.